The summed E-state index contributed by atoms with van der Waals surface area (Å²) in [5.74, 6) is 0.0606. The molecule has 0 aliphatic heterocycles. The summed E-state index contributed by atoms with van der Waals surface area (Å²) in [6.07, 6.45) is 2.12. The Morgan fingerprint density at radius 1 is 1.24 bits per heavy atom. The van der Waals surface area contributed by atoms with E-state index in [0.717, 1.165) is 18.4 Å². The maximum atomic E-state index is 11.9. The van der Waals surface area contributed by atoms with Crippen molar-refractivity contribution in [2.24, 2.45) is 5.92 Å². The highest BCUT2D eigenvalue weighted by molar-refractivity contribution is 5.94. The molecule has 1 aliphatic carbocycles. The van der Waals surface area contributed by atoms with Gasteiger partial charge in [-0.2, -0.15) is 0 Å². The van der Waals surface area contributed by atoms with E-state index in [2.05, 4.69) is 10.6 Å². The summed E-state index contributed by atoms with van der Waals surface area (Å²) < 4.78 is 4.78. The van der Waals surface area contributed by atoms with E-state index in [9.17, 15) is 9.59 Å². The molecule has 1 aromatic carbocycles. The van der Waals surface area contributed by atoms with E-state index in [1.165, 1.54) is 7.11 Å². The van der Waals surface area contributed by atoms with Gasteiger partial charge in [0.2, 0.25) is 0 Å². The maximum Gasteiger partial charge on any atom is 0.323 e. The minimum absolute atomic E-state index is 0.0992. The number of methoxy groups -OCH3 is 1. The van der Waals surface area contributed by atoms with Crippen LogP contribution < -0.4 is 10.6 Å². The third-order valence-corrected chi connectivity index (χ3v) is 3.64. The number of carbonyl (C=O) groups is 2. The second-order valence-electron chi connectivity index (χ2n) is 5.41. The van der Waals surface area contributed by atoms with Crippen molar-refractivity contribution in [3.05, 3.63) is 35.4 Å². The van der Waals surface area contributed by atoms with Crippen molar-refractivity contribution >= 4 is 11.9 Å². The summed E-state index contributed by atoms with van der Waals surface area (Å²) in [5, 5.41) is 6.00. The molecular formula is C16H22N2O3. The number of carbonyl (C=O) groups excluding carboxylic acids is 2. The van der Waals surface area contributed by atoms with Crippen molar-refractivity contribution in [3.8, 4) is 0 Å². The number of hydrogen-bond acceptors (Lipinski definition) is 4. The molecule has 0 saturated heterocycles. The molecule has 0 spiro atoms. The van der Waals surface area contributed by atoms with E-state index < -0.39 is 0 Å². The van der Waals surface area contributed by atoms with E-state index >= 15 is 0 Å². The first-order valence-electron chi connectivity index (χ1n) is 7.28. The standard InChI is InChI=1S/C16H22N2O3/c1-11-3-5-13(6-4-11)15(19)18-10-9-17-14(12-7-8-12)16(20)21-2/h3-6,12,14,17H,7-10H2,1-2H3,(H,18,19). The Labute approximate surface area is 125 Å². The highest BCUT2D eigenvalue weighted by atomic mass is 16.5. The Bertz CT molecular complexity index is 495. The summed E-state index contributed by atoms with van der Waals surface area (Å²) in [7, 11) is 1.40. The van der Waals surface area contributed by atoms with Crippen LogP contribution in [0.25, 0.3) is 0 Å². The molecule has 2 N–H and O–H groups in total. The first-order valence-corrected chi connectivity index (χ1v) is 7.28. The maximum absolute atomic E-state index is 11.9. The van der Waals surface area contributed by atoms with Gasteiger partial charge in [0.05, 0.1) is 7.11 Å². The van der Waals surface area contributed by atoms with E-state index in [1.807, 2.05) is 19.1 Å². The fourth-order valence-electron chi connectivity index (χ4n) is 2.21. The second-order valence-corrected chi connectivity index (χ2v) is 5.41. The molecule has 1 aromatic rings. The predicted octanol–water partition coefficient (Wildman–Crippen LogP) is 1.27. The molecule has 0 bridgehead atoms. The van der Waals surface area contributed by atoms with E-state index in [0.29, 0.717) is 24.6 Å². The number of ether oxygens (including phenoxy) is 1. The van der Waals surface area contributed by atoms with Crippen LogP contribution >= 0.6 is 0 Å². The Morgan fingerprint density at radius 3 is 2.48 bits per heavy atom. The van der Waals surface area contributed by atoms with Crippen LogP contribution in [0, 0.1) is 12.8 Å². The van der Waals surface area contributed by atoms with Gasteiger partial charge in [-0.3, -0.25) is 9.59 Å². The first-order chi connectivity index (χ1) is 10.1. The molecule has 114 valence electrons. The van der Waals surface area contributed by atoms with E-state index in [1.54, 1.807) is 12.1 Å². The Hall–Kier alpha value is -1.88. The molecule has 0 radical (unpaired) electrons. The van der Waals surface area contributed by atoms with Gasteiger partial charge in [-0.1, -0.05) is 17.7 Å². The molecular weight excluding hydrogens is 268 g/mol. The normalized spacial score (nSPS) is 15.3. The molecule has 5 heteroatoms. The molecule has 21 heavy (non-hydrogen) atoms. The second kappa shape index (κ2) is 7.22. The van der Waals surface area contributed by atoms with Gasteiger partial charge in [-0.05, 0) is 37.8 Å². The van der Waals surface area contributed by atoms with Gasteiger partial charge in [0.15, 0.2) is 0 Å². The van der Waals surface area contributed by atoms with Crippen molar-refractivity contribution in [1.82, 2.24) is 10.6 Å². The zero-order chi connectivity index (χ0) is 15.2. The average molecular weight is 290 g/mol. The number of hydrogen-bond donors (Lipinski definition) is 2. The van der Waals surface area contributed by atoms with Crippen LogP contribution in [0.15, 0.2) is 24.3 Å². The molecule has 2 rings (SSSR count). The lowest BCUT2D eigenvalue weighted by molar-refractivity contribution is -0.143. The van der Waals surface area contributed by atoms with Crippen LogP contribution in [0.2, 0.25) is 0 Å². The third kappa shape index (κ3) is 4.56. The fourth-order valence-corrected chi connectivity index (χ4v) is 2.21. The molecule has 1 aliphatic rings. The summed E-state index contributed by atoms with van der Waals surface area (Å²) in [6.45, 7) is 3.01. The van der Waals surface area contributed by atoms with Crippen LogP contribution in [-0.2, 0) is 9.53 Å². The van der Waals surface area contributed by atoms with Gasteiger partial charge < -0.3 is 15.4 Å². The van der Waals surface area contributed by atoms with Crippen LogP contribution in [0.1, 0.15) is 28.8 Å². The number of benzene rings is 1. The largest absolute Gasteiger partial charge is 0.468 e. The Balaban J connectivity index is 1.72. The Morgan fingerprint density at radius 2 is 1.90 bits per heavy atom. The minimum Gasteiger partial charge on any atom is -0.468 e. The SMILES string of the molecule is COC(=O)C(NCCNC(=O)c1ccc(C)cc1)C1CC1. The van der Waals surface area contributed by atoms with Crippen molar-refractivity contribution < 1.29 is 14.3 Å². The van der Waals surface area contributed by atoms with Crippen molar-refractivity contribution in [3.63, 3.8) is 0 Å². The molecule has 1 amide bonds. The number of esters is 1. The molecule has 0 heterocycles. The smallest absolute Gasteiger partial charge is 0.323 e. The lowest BCUT2D eigenvalue weighted by atomic mass is 10.1. The topological polar surface area (TPSA) is 67.4 Å². The molecule has 1 saturated carbocycles. The predicted molar refractivity (Wildman–Crippen MR) is 80.0 cm³/mol. The van der Waals surface area contributed by atoms with Gasteiger partial charge in [0, 0.05) is 18.7 Å². The number of rotatable bonds is 7. The number of amides is 1. The highest BCUT2D eigenvalue weighted by Crippen LogP contribution is 2.32. The average Bonchev–Trinajstić information content (AvgIpc) is 3.31. The zero-order valence-corrected chi connectivity index (χ0v) is 12.5. The van der Waals surface area contributed by atoms with Crippen LogP contribution in [0.3, 0.4) is 0 Å². The Kier molecular flexibility index (Phi) is 5.33. The summed E-state index contributed by atoms with van der Waals surface area (Å²) in [4.78, 5) is 23.5. The molecule has 1 unspecified atom stereocenters. The van der Waals surface area contributed by atoms with Gasteiger partial charge in [0.1, 0.15) is 6.04 Å². The zero-order valence-electron chi connectivity index (χ0n) is 12.5. The van der Waals surface area contributed by atoms with Crippen molar-refractivity contribution in [1.29, 1.82) is 0 Å². The van der Waals surface area contributed by atoms with Gasteiger partial charge in [-0.25, -0.2) is 0 Å². The monoisotopic (exact) mass is 290 g/mol. The third-order valence-electron chi connectivity index (χ3n) is 3.64. The first kappa shape index (κ1) is 15.5. The van der Waals surface area contributed by atoms with Crippen LogP contribution in [0.4, 0.5) is 0 Å². The van der Waals surface area contributed by atoms with Gasteiger partial charge in [-0.15, -0.1) is 0 Å². The van der Waals surface area contributed by atoms with Crippen molar-refractivity contribution in [2.45, 2.75) is 25.8 Å². The van der Waals surface area contributed by atoms with E-state index in [4.69, 9.17) is 4.74 Å². The molecule has 5 nitrogen and oxygen atoms in total. The summed E-state index contributed by atoms with van der Waals surface area (Å²) >= 11 is 0. The molecule has 1 atom stereocenters. The number of nitrogens with one attached hydrogen (secondary N) is 2. The lowest BCUT2D eigenvalue weighted by Crippen LogP contribution is -2.43. The minimum atomic E-state index is -0.244. The van der Waals surface area contributed by atoms with Gasteiger partial charge >= 0.3 is 5.97 Å². The van der Waals surface area contributed by atoms with Gasteiger partial charge in [0.25, 0.3) is 5.91 Å². The highest BCUT2D eigenvalue weighted by Gasteiger charge is 2.36. The fraction of sp³-hybridized carbons (Fsp3) is 0.500. The van der Waals surface area contributed by atoms with E-state index in [-0.39, 0.29) is 17.9 Å². The molecule has 0 aromatic heterocycles. The van der Waals surface area contributed by atoms with Crippen LogP contribution in [-0.4, -0.2) is 38.1 Å². The van der Waals surface area contributed by atoms with Crippen molar-refractivity contribution in [2.75, 3.05) is 20.2 Å². The lowest BCUT2D eigenvalue weighted by Gasteiger charge is -2.15. The van der Waals surface area contributed by atoms with Crippen LogP contribution in [0.5, 0.6) is 0 Å². The quantitative estimate of drug-likeness (QED) is 0.586. The molecule has 1 fully saturated rings. The number of aryl methyl sites for hydroxylation is 1. The summed E-state index contributed by atoms with van der Waals surface area (Å²) in [6, 6.07) is 7.19. The summed E-state index contributed by atoms with van der Waals surface area (Å²) in [5.41, 5.74) is 1.77.